The number of aromatic nitrogens is 2. The molecule has 0 radical (unpaired) electrons. The lowest BCUT2D eigenvalue weighted by Gasteiger charge is -2.13. The van der Waals surface area contributed by atoms with Gasteiger partial charge >= 0.3 is 5.97 Å². The standard InChI is InChI=1S/C11H17N3O4S/c1-6(2)9-10(19-14-13-9)11(17)12-5-7(18-3)4-8(15)16/h6-7H,4-5H2,1-3H3,(H,12,17)(H,15,16). The maximum Gasteiger partial charge on any atom is 0.306 e. The van der Waals surface area contributed by atoms with Crippen LogP contribution in [0.4, 0.5) is 0 Å². The number of hydrogen-bond acceptors (Lipinski definition) is 6. The zero-order valence-electron chi connectivity index (χ0n) is 11.0. The van der Waals surface area contributed by atoms with Gasteiger partial charge in [-0.05, 0) is 17.5 Å². The number of nitrogens with zero attached hydrogens (tertiary/aromatic N) is 2. The molecule has 0 aliphatic carbocycles. The van der Waals surface area contributed by atoms with Gasteiger partial charge in [0.15, 0.2) is 0 Å². The van der Waals surface area contributed by atoms with Crippen molar-refractivity contribution in [1.29, 1.82) is 0 Å². The molecule has 1 atom stereocenters. The van der Waals surface area contributed by atoms with Crippen LogP contribution in [0.25, 0.3) is 0 Å². The summed E-state index contributed by atoms with van der Waals surface area (Å²) in [4.78, 5) is 23.0. The molecule has 0 bridgehead atoms. The lowest BCUT2D eigenvalue weighted by Crippen LogP contribution is -2.34. The van der Waals surface area contributed by atoms with E-state index in [0.717, 1.165) is 11.5 Å². The van der Waals surface area contributed by atoms with Crippen molar-refractivity contribution >= 4 is 23.4 Å². The number of carboxylic acid groups (broad SMARTS) is 1. The first kappa shape index (κ1) is 15.5. The minimum Gasteiger partial charge on any atom is -0.481 e. The summed E-state index contributed by atoms with van der Waals surface area (Å²) in [6.07, 6.45) is -0.709. The highest BCUT2D eigenvalue weighted by atomic mass is 32.1. The number of carboxylic acids is 1. The number of nitrogens with one attached hydrogen (secondary N) is 1. The van der Waals surface area contributed by atoms with Crippen LogP contribution in [0.15, 0.2) is 0 Å². The average molecular weight is 287 g/mol. The fraction of sp³-hybridized carbons (Fsp3) is 0.636. The Labute approximate surface area is 115 Å². The van der Waals surface area contributed by atoms with Gasteiger partial charge in [0.2, 0.25) is 0 Å². The quantitative estimate of drug-likeness (QED) is 0.772. The topological polar surface area (TPSA) is 101 Å². The number of carbonyl (C=O) groups is 2. The predicted molar refractivity (Wildman–Crippen MR) is 69.4 cm³/mol. The third-order valence-corrected chi connectivity index (χ3v) is 3.23. The van der Waals surface area contributed by atoms with Gasteiger partial charge in [-0.25, -0.2) is 0 Å². The van der Waals surface area contributed by atoms with E-state index in [-0.39, 0.29) is 24.8 Å². The molecule has 0 aromatic carbocycles. The van der Waals surface area contributed by atoms with E-state index in [1.807, 2.05) is 13.8 Å². The normalized spacial score (nSPS) is 12.4. The number of rotatable bonds is 7. The summed E-state index contributed by atoms with van der Waals surface area (Å²) in [7, 11) is 1.41. The molecule has 0 spiro atoms. The second-order valence-corrected chi connectivity index (χ2v) is 5.06. The van der Waals surface area contributed by atoms with Crippen LogP contribution in [-0.4, -0.2) is 46.3 Å². The summed E-state index contributed by atoms with van der Waals surface area (Å²) >= 11 is 1.03. The lowest BCUT2D eigenvalue weighted by atomic mass is 10.1. The van der Waals surface area contributed by atoms with Crippen molar-refractivity contribution in [3.8, 4) is 0 Å². The highest BCUT2D eigenvalue weighted by Crippen LogP contribution is 2.19. The van der Waals surface area contributed by atoms with E-state index in [2.05, 4.69) is 14.9 Å². The Hall–Kier alpha value is -1.54. The molecule has 1 unspecified atom stereocenters. The van der Waals surface area contributed by atoms with Crippen LogP contribution in [-0.2, 0) is 9.53 Å². The third-order valence-electron chi connectivity index (χ3n) is 2.49. The van der Waals surface area contributed by atoms with E-state index in [4.69, 9.17) is 9.84 Å². The van der Waals surface area contributed by atoms with E-state index in [1.54, 1.807) is 0 Å². The molecule has 2 N–H and O–H groups in total. The number of aliphatic carboxylic acids is 1. The summed E-state index contributed by atoms with van der Waals surface area (Å²) in [5.74, 6) is -1.16. The SMILES string of the molecule is COC(CNC(=O)c1snnc1C(C)C)CC(=O)O. The van der Waals surface area contributed by atoms with E-state index in [0.29, 0.717) is 10.6 Å². The molecule has 0 fully saturated rings. The van der Waals surface area contributed by atoms with Gasteiger partial charge in [-0.3, -0.25) is 9.59 Å². The maximum atomic E-state index is 12.0. The van der Waals surface area contributed by atoms with E-state index in [1.165, 1.54) is 7.11 Å². The van der Waals surface area contributed by atoms with Crippen LogP contribution in [0.3, 0.4) is 0 Å². The molecule has 1 rings (SSSR count). The van der Waals surface area contributed by atoms with Gasteiger partial charge in [0, 0.05) is 13.7 Å². The van der Waals surface area contributed by atoms with Crippen molar-refractivity contribution in [1.82, 2.24) is 14.9 Å². The van der Waals surface area contributed by atoms with Crippen LogP contribution in [0.2, 0.25) is 0 Å². The molecule has 19 heavy (non-hydrogen) atoms. The fourth-order valence-corrected chi connectivity index (χ4v) is 2.19. The van der Waals surface area contributed by atoms with Crippen LogP contribution in [0, 0.1) is 0 Å². The maximum absolute atomic E-state index is 12.0. The number of amides is 1. The van der Waals surface area contributed by atoms with Gasteiger partial charge in [0.1, 0.15) is 4.88 Å². The van der Waals surface area contributed by atoms with Crippen molar-refractivity contribution in [2.45, 2.75) is 32.3 Å². The van der Waals surface area contributed by atoms with Crippen LogP contribution < -0.4 is 5.32 Å². The first-order chi connectivity index (χ1) is 8.95. The molecule has 1 amide bonds. The molecule has 8 heteroatoms. The van der Waals surface area contributed by atoms with Crippen LogP contribution >= 0.6 is 11.5 Å². The highest BCUT2D eigenvalue weighted by Gasteiger charge is 2.20. The number of methoxy groups -OCH3 is 1. The van der Waals surface area contributed by atoms with Gasteiger partial charge in [-0.2, -0.15) is 0 Å². The van der Waals surface area contributed by atoms with Crippen LogP contribution in [0.5, 0.6) is 0 Å². The van der Waals surface area contributed by atoms with Crippen molar-refractivity contribution in [3.05, 3.63) is 10.6 Å². The van der Waals surface area contributed by atoms with Crippen molar-refractivity contribution in [3.63, 3.8) is 0 Å². The number of carbonyl (C=O) groups excluding carboxylic acids is 1. The zero-order valence-corrected chi connectivity index (χ0v) is 11.9. The van der Waals surface area contributed by atoms with E-state index in [9.17, 15) is 9.59 Å². The molecule has 1 aromatic rings. The van der Waals surface area contributed by atoms with Crippen molar-refractivity contribution in [2.75, 3.05) is 13.7 Å². The summed E-state index contributed by atoms with van der Waals surface area (Å²) in [5.41, 5.74) is 0.648. The summed E-state index contributed by atoms with van der Waals surface area (Å²) < 4.78 is 8.75. The Kier molecular flexibility index (Phi) is 5.84. The second-order valence-electron chi connectivity index (χ2n) is 4.31. The minimum absolute atomic E-state index is 0.108. The highest BCUT2D eigenvalue weighted by molar-refractivity contribution is 7.08. The molecule has 106 valence electrons. The van der Waals surface area contributed by atoms with Crippen LogP contribution in [0.1, 0.15) is 41.6 Å². The van der Waals surface area contributed by atoms with E-state index < -0.39 is 12.1 Å². The fourth-order valence-electron chi connectivity index (χ4n) is 1.45. The van der Waals surface area contributed by atoms with Gasteiger partial charge in [0.25, 0.3) is 5.91 Å². The van der Waals surface area contributed by atoms with Crippen molar-refractivity contribution in [2.24, 2.45) is 0 Å². The Morgan fingerprint density at radius 3 is 2.68 bits per heavy atom. The molecule has 7 nitrogen and oxygen atoms in total. The second kappa shape index (κ2) is 7.15. The Morgan fingerprint density at radius 1 is 1.47 bits per heavy atom. The predicted octanol–water partition coefficient (Wildman–Crippen LogP) is 0.881. The molecule has 0 saturated carbocycles. The first-order valence-electron chi connectivity index (χ1n) is 5.80. The molecule has 1 heterocycles. The minimum atomic E-state index is -0.969. The first-order valence-corrected chi connectivity index (χ1v) is 6.58. The van der Waals surface area contributed by atoms with Gasteiger partial charge < -0.3 is 15.2 Å². The zero-order chi connectivity index (χ0) is 14.4. The van der Waals surface area contributed by atoms with Crippen molar-refractivity contribution < 1.29 is 19.4 Å². The number of hydrogen-bond donors (Lipinski definition) is 2. The lowest BCUT2D eigenvalue weighted by molar-refractivity contribution is -0.139. The Bertz CT molecular complexity index is 447. The number of ether oxygens (including phenoxy) is 1. The van der Waals surface area contributed by atoms with E-state index >= 15 is 0 Å². The average Bonchev–Trinajstić information content (AvgIpc) is 2.82. The smallest absolute Gasteiger partial charge is 0.306 e. The van der Waals surface area contributed by atoms with Gasteiger partial charge in [0.05, 0.1) is 18.2 Å². The third kappa shape index (κ3) is 4.56. The molecule has 0 saturated heterocycles. The Morgan fingerprint density at radius 2 is 2.16 bits per heavy atom. The molecular formula is C11H17N3O4S. The summed E-state index contributed by atoms with van der Waals surface area (Å²) in [5, 5.41) is 15.2. The molecule has 1 aromatic heterocycles. The molecule has 0 aliphatic heterocycles. The van der Waals surface area contributed by atoms with Gasteiger partial charge in [-0.1, -0.05) is 18.3 Å². The summed E-state index contributed by atoms with van der Waals surface area (Å²) in [6.45, 7) is 3.99. The summed E-state index contributed by atoms with van der Waals surface area (Å²) in [6, 6.07) is 0. The monoisotopic (exact) mass is 287 g/mol. The van der Waals surface area contributed by atoms with Gasteiger partial charge in [-0.15, -0.1) is 5.10 Å². The molecule has 0 aliphatic rings. The largest absolute Gasteiger partial charge is 0.481 e. The Balaban J connectivity index is 2.59. The molecular weight excluding hydrogens is 270 g/mol.